The molecule has 1 atom stereocenters. The first-order valence-corrected chi connectivity index (χ1v) is 7.58. The highest BCUT2D eigenvalue weighted by molar-refractivity contribution is 5.40. The fourth-order valence-electron chi connectivity index (χ4n) is 3.53. The molecule has 3 rings (SSSR count). The van der Waals surface area contributed by atoms with Crippen LogP contribution in [0.25, 0.3) is 0 Å². The van der Waals surface area contributed by atoms with Crippen LogP contribution in [-0.2, 0) is 6.42 Å². The number of piperidine rings is 2. The Hall–Kier alpha value is -1.16. The minimum absolute atomic E-state index is 0.480. The predicted octanol–water partition coefficient (Wildman–Crippen LogP) is 2.01. The van der Waals surface area contributed by atoms with Gasteiger partial charge in [0.15, 0.2) is 0 Å². The second-order valence-corrected chi connectivity index (χ2v) is 6.03. The smallest absolute Gasteiger partial charge is 0.132 e. The van der Waals surface area contributed by atoms with Crippen molar-refractivity contribution < 1.29 is 0 Å². The normalized spacial score (nSPS) is 27.7. The van der Waals surface area contributed by atoms with Gasteiger partial charge in [0.1, 0.15) is 12.1 Å². The van der Waals surface area contributed by atoms with Crippen LogP contribution in [0.4, 0.5) is 5.82 Å². The van der Waals surface area contributed by atoms with E-state index < -0.39 is 0 Å². The van der Waals surface area contributed by atoms with E-state index in [9.17, 15) is 0 Å². The summed E-state index contributed by atoms with van der Waals surface area (Å²) in [5.74, 6) is 1.12. The fourth-order valence-corrected chi connectivity index (χ4v) is 3.53. The maximum Gasteiger partial charge on any atom is 0.132 e. The number of nitrogens with zero attached hydrogens (tertiary/aromatic N) is 3. The third-order valence-electron chi connectivity index (χ3n) is 4.62. The van der Waals surface area contributed by atoms with Gasteiger partial charge < -0.3 is 10.2 Å². The summed E-state index contributed by atoms with van der Waals surface area (Å²) in [6.07, 6.45) is 8.03. The predicted molar refractivity (Wildman–Crippen MR) is 77.4 cm³/mol. The maximum absolute atomic E-state index is 4.48. The van der Waals surface area contributed by atoms with Gasteiger partial charge in [0, 0.05) is 36.8 Å². The Morgan fingerprint density at radius 2 is 2.21 bits per heavy atom. The van der Waals surface area contributed by atoms with E-state index in [1.165, 1.54) is 38.8 Å². The Bertz CT molecular complexity index is 420. The molecule has 0 radical (unpaired) electrons. The summed E-state index contributed by atoms with van der Waals surface area (Å²) in [5, 5.41) is 3.58. The standard InChI is InChI=1S/C15H24N4/c1-2-13-9-14(18-12-17-13)19-8-4-6-15(11-19)5-3-7-16-10-15/h9,12,16H,2-8,10-11H2,1H3. The molecule has 1 aromatic rings. The van der Waals surface area contributed by atoms with E-state index in [1.807, 2.05) is 0 Å². The van der Waals surface area contributed by atoms with Crippen molar-refractivity contribution in [2.24, 2.45) is 5.41 Å². The highest BCUT2D eigenvalue weighted by Gasteiger charge is 2.36. The SMILES string of the molecule is CCc1cc(N2CCCC3(CCCNC3)C2)ncn1. The van der Waals surface area contributed by atoms with Gasteiger partial charge in [0.05, 0.1) is 0 Å². The lowest BCUT2D eigenvalue weighted by atomic mass is 9.74. The van der Waals surface area contributed by atoms with Crippen molar-refractivity contribution >= 4 is 5.82 Å². The van der Waals surface area contributed by atoms with Crippen molar-refractivity contribution in [1.82, 2.24) is 15.3 Å². The van der Waals surface area contributed by atoms with Crippen LogP contribution in [0.1, 0.15) is 38.3 Å². The van der Waals surface area contributed by atoms with E-state index in [0.29, 0.717) is 5.41 Å². The van der Waals surface area contributed by atoms with Gasteiger partial charge in [-0.1, -0.05) is 6.92 Å². The lowest BCUT2D eigenvalue weighted by molar-refractivity contribution is 0.173. The molecule has 0 saturated carbocycles. The molecule has 0 amide bonds. The quantitative estimate of drug-likeness (QED) is 0.883. The summed E-state index contributed by atoms with van der Waals surface area (Å²) in [4.78, 5) is 11.3. The second kappa shape index (κ2) is 5.45. The molecular weight excluding hydrogens is 236 g/mol. The number of aromatic nitrogens is 2. The molecule has 4 heteroatoms. The van der Waals surface area contributed by atoms with Crippen LogP contribution in [0.15, 0.2) is 12.4 Å². The number of hydrogen-bond donors (Lipinski definition) is 1. The van der Waals surface area contributed by atoms with Gasteiger partial charge in [-0.2, -0.15) is 0 Å². The summed E-state index contributed by atoms with van der Waals surface area (Å²) in [5.41, 5.74) is 1.62. The average Bonchev–Trinajstić information content (AvgIpc) is 2.48. The average molecular weight is 260 g/mol. The highest BCUT2D eigenvalue weighted by Crippen LogP contribution is 2.37. The lowest BCUT2D eigenvalue weighted by Crippen LogP contribution is -2.51. The Labute approximate surface area is 115 Å². The third-order valence-corrected chi connectivity index (χ3v) is 4.62. The minimum atomic E-state index is 0.480. The monoisotopic (exact) mass is 260 g/mol. The van der Waals surface area contributed by atoms with Gasteiger partial charge in [-0.25, -0.2) is 9.97 Å². The number of anilines is 1. The van der Waals surface area contributed by atoms with E-state index in [2.05, 4.69) is 33.2 Å². The van der Waals surface area contributed by atoms with E-state index in [0.717, 1.165) is 31.0 Å². The molecule has 2 aliphatic heterocycles. The first-order chi connectivity index (χ1) is 9.31. The fraction of sp³-hybridized carbons (Fsp3) is 0.733. The Balaban J connectivity index is 1.76. The molecule has 2 fully saturated rings. The molecule has 19 heavy (non-hydrogen) atoms. The largest absolute Gasteiger partial charge is 0.356 e. The summed E-state index contributed by atoms with van der Waals surface area (Å²) in [6.45, 7) is 6.81. The van der Waals surface area contributed by atoms with Crippen LogP contribution >= 0.6 is 0 Å². The Kier molecular flexibility index (Phi) is 3.69. The van der Waals surface area contributed by atoms with E-state index in [1.54, 1.807) is 6.33 Å². The van der Waals surface area contributed by atoms with Crippen molar-refractivity contribution in [1.29, 1.82) is 0 Å². The van der Waals surface area contributed by atoms with Crippen molar-refractivity contribution in [3.63, 3.8) is 0 Å². The molecule has 3 heterocycles. The summed E-state index contributed by atoms with van der Waals surface area (Å²) in [6, 6.07) is 2.16. The van der Waals surface area contributed by atoms with E-state index in [4.69, 9.17) is 0 Å². The first-order valence-electron chi connectivity index (χ1n) is 7.58. The van der Waals surface area contributed by atoms with Crippen molar-refractivity contribution in [3.8, 4) is 0 Å². The van der Waals surface area contributed by atoms with E-state index in [-0.39, 0.29) is 0 Å². The first kappa shape index (κ1) is 12.9. The van der Waals surface area contributed by atoms with Gasteiger partial charge in [-0.05, 0) is 38.6 Å². The van der Waals surface area contributed by atoms with Gasteiger partial charge >= 0.3 is 0 Å². The van der Waals surface area contributed by atoms with Gasteiger partial charge in [0.2, 0.25) is 0 Å². The molecule has 0 bridgehead atoms. The van der Waals surface area contributed by atoms with Crippen LogP contribution in [0.2, 0.25) is 0 Å². The second-order valence-electron chi connectivity index (χ2n) is 6.03. The van der Waals surface area contributed by atoms with Crippen LogP contribution in [0.3, 0.4) is 0 Å². The summed E-state index contributed by atoms with van der Waals surface area (Å²) >= 11 is 0. The molecule has 104 valence electrons. The highest BCUT2D eigenvalue weighted by atomic mass is 15.2. The molecule has 2 saturated heterocycles. The van der Waals surface area contributed by atoms with E-state index >= 15 is 0 Å². The van der Waals surface area contributed by atoms with Crippen molar-refractivity contribution in [3.05, 3.63) is 18.1 Å². The summed E-state index contributed by atoms with van der Waals surface area (Å²) < 4.78 is 0. The molecule has 1 N–H and O–H groups in total. The van der Waals surface area contributed by atoms with Crippen molar-refractivity contribution in [2.75, 3.05) is 31.1 Å². The van der Waals surface area contributed by atoms with Gasteiger partial charge in [-0.3, -0.25) is 0 Å². The maximum atomic E-state index is 4.48. The van der Waals surface area contributed by atoms with Crippen molar-refractivity contribution in [2.45, 2.75) is 39.0 Å². The molecule has 1 spiro atoms. The topological polar surface area (TPSA) is 41.0 Å². The number of rotatable bonds is 2. The van der Waals surface area contributed by atoms with Gasteiger partial charge in [0.25, 0.3) is 0 Å². The molecule has 0 aliphatic carbocycles. The Morgan fingerprint density at radius 1 is 1.32 bits per heavy atom. The number of hydrogen-bond acceptors (Lipinski definition) is 4. The van der Waals surface area contributed by atoms with Crippen LogP contribution < -0.4 is 10.2 Å². The molecular formula is C15H24N4. The molecule has 2 aliphatic rings. The number of aryl methyl sites for hydroxylation is 1. The van der Waals surface area contributed by atoms with Crippen LogP contribution in [-0.4, -0.2) is 36.1 Å². The zero-order valence-electron chi connectivity index (χ0n) is 11.9. The molecule has 0 aromatic carbocycles. The zero-order valence-corrected chi connectivity index (χ0v) is 11.9. The molecule has 1 aromatic heterocycles. The zero-order chi connectivity index (χ0) is 13.1. The Morgan fingerprint density at radius 3 is 3.00 bits per heavy atom. The minimum Gasteiger partial charge on any atom is -0.356 e. The molecule has 1 unspecified atom stereocenters. The number of nitrogens with one attached hydrogen (secondary N) is 1. The lowest BCUT2D eigenvalue weighted by Gasteiger charge is -2.45. The van der Waals surface area contributed by atoms with Crippen LogP contribution in [0, 0.1) is 5.41 Å². The molecule has 4 nitrogen and oxygen atoms in total. The third kappa shape index (κ3) is 2.73. The summed E-state index contributed by atoms with van der Waals surface area (Å²) in [7, 11) is 0. The van der Waals surface area contributed by atoms with Gasteiger partial charge in [-0.15, -0.1) is 0 Å². The van der Waals surface area contributed by atoms with Crippen LogP contribution in [0.5, 0.6) is 0 Å².